The third kappa shape index (κ3) is 4.77. The van der Waals surface area contributed by atoms with Crippen molar-refractivity contribution in [3.63, 3.8) is 0 Å². The Bertz CT molecular complexity index is 1010. The summed E-state index contributed by atoms with van der Waals surface area (Å²) in [5.74, 6) is -1.01. The molecule has 32 heavy (non-hydrogen) atoms. The molecule has 2 aromatic carbocycles. The Balaban J connectivity index is 2.12. The van der Waals surface area contributed by atoms with Gasteiger partial charge in [0.05, 0.1) is 11.6 Å². The minimum absolute atomic E-state index is 0.0260. The van der Waals surface area contributed by atoms with Crippen LogP contribution in [0.2, 0.25) is 0 Å². The highest BCUT2D eigenvalue weighted by Gasteiger charge is 2.39. The van der Waals surface area contributed by atoms with Crippen LogP contribution in [-0.2, 0) is 9.53 Å². The molecule has 0 spiro atoms. The normalized spacial score (nSPS) is 18.0. The van der Waals surface area contributed by atoms with E-state index in [1.165, 1.54) is 12.1 Å². The van der Waals surface area contributed by atoms with Crippen LogP contribution in [0.5, 0.6) is 0 Å². The highest BCUT2D eigenvalue weighted by molar-refractivity contribution is 5.97. The SMILES string of the molecule is CCC(=O)N1c2ccccc2[C@H](N(C(=O)OC(C)(C)C)c2ccc(C(=O)O)cc2)C[C@@H]1C. The molecule has 1 aliphatic rings. The van der Waals surface area contributed by atoms with Gasteiger partial charge in [-0.1, -0.05) is 25.1 Å². The number of aromatic carboxylic acids is 1. The van der Waals surface area contributed by atoms with Crippen molar-refractivity contribution in [3.05, 3.63) is 59.7 Å². The number of carbonyl (C=O) groups excluding carboxylic acids is 2. The second kappa shape index (κ2) is 9.02. The molecule has 1 aliphatic heterocycles. The lowest BCUT2D eigenvalue weighted by Crippen LogP contribution is -2.48. The fourth-order valence-electron chi connectivity index (χ4n) is 4.06. The van der Waals surface area contributed by atoms with Crippen molar-refractivity contribution in [3.8, 4) is 0 Å². The quantitative estimate of drug-likeness (QED) is 0.690. The van der Waals surface area contributed by atoms with Crippen molar-refractivity contribution in [2.75, 3.05) is 9.80 Å². The number of carboxylic acids is 1. The summed E-state index contributed by atoms with van der Waals surface area (Å²) < 4.78 is 5.72. The van der Waals surface area contributed by atoms with Gasteiger partial charge in [0.25, 0.3) is 0 Å². The van der Waals surface area contributed by atoms with Gasteiger partial charge in [-0.3, -0.25) is 9.69 Å². The number of para-hydroxylation sites is 1. The van der Waals surface area contributed by atoms with E-state index in [4.69, 9.17) is 4.74 Å². The van der Waals surface area contributed by atoms with Crippen LogP contribution in [0.15, 0.2) is 48.5 Å². The number of anilines is 2. The van der Waals surface area contributed by atoms with Crippen LogP contribution in [-0.4, -0.2) is 34.7 Å². The molecule has 0 unspecified atom stereocenters. The van der Waals surface area contributed by atoms with Gasteiger partial charge in [-0.15, -0.1) is 0 Å². The van der Waals surface area contributed by atoms with E-state index in [1.54, 1.807) is 42.7 Å². The van der Waals surface area contributed by atoms with E-state index in [0.717, 1.165) is 11.3 Å². The van der Waals surface area contributed by atoms with Crippen molar-refractivity contribution in [2.45, 2.75) is 65.1 Å². The molecular formula is C25H30N2O5. The van der Waals surface area contributed by atoms with Crippen LogP contribution in [0.1, 0.15) is 69.4 Å². The zero-order valence-corrected chi connectivity index (χ0v) is 19.2. The zero-order chi connectivity index (χ0) is 23.6. The molecule has 7 nitrogen and oxygen atoms in total. The maximum atomic E-state index is 13.4. The summed E-state index contributed by atoms with van der Waals surface area (Å²) in [6.45, 7) is 9.21. The first-order chi connectivity index (χ1) is 15.0. The minimum Gasteiger partial charge on any atom is -0.478 e. The monoisotopic (exact) mass is 438 g/mol. The Labute approximate surface area is 188 Å². The van der Waals surface area contributed by atoms with E-state index >= 15 is 0 Å². The molecule has 0 fully saturated rings. The van der Waals surface area contributed by atoms with Crippen LogP contribution < -0.4 is 9.80 Å². The first-order valence-electron chi connectivity index (χ1n) is 10.8. The Hall–Kier alpha value is -3.35. The van der Waals surface area contributed by atoms with Gasteiger partial charge in [-0.2, -0.15) is 0 Å². The lowest BCUT2D eigenvalue weighted by Gasteiger charge is -2.43. The van der Waals surface area contributed by atoms with Crippen LogP contribution in [0.3, 0.4) is 0 Å². The third-order valence-corrected chi connectivity index (χ3v) is 5.43. The number of nitrogens with zero attached hydrogens (tertiary/aromatic N) is 2. The molecule has 2 aromatic rings. The van der Waals surface area contributed by atoms with Crippen molar-refractivity contribution >= 4 is 29.3 Å². The molecule has 0 radical (unpaired) electrons. The number of fused-ring (bicyclic) bond motifs is 1. The molecule has 0 saturated heterocycles. The van der Waals surface area contributed by atoms with E-state index < -0.39 is 17.7 Å². The highest BCUT2D eigenvalue weighted by Crippen LogP contribution is 2.43. The molecule has 0 aliphatic carbocycles. The van der Waals surface area contributed by atoms with Gasteiger partial charge in [0.1, 0.15) is 5.60 Å². The van der Waals surface area contributed by atoms with Crippen LogP contribution in [0.25, 0.3) is 0 Å². The third-order valence-electron chi connectivity index (χ3n) is 5.43. The second-order valence-electron chi connectivity index (χ2n) is 8.98. The fourth-order valence-corrected chi connectivity index (χ4v) is 4.06. The van der Waals surface area contributed by atoms with Crippen molar-refractivity contribution in [1.29, 1.82) is 0 Å². The summed E-state index contributed by atoms with van der Waals surface area (Å²) in [4.78, 5) is 40.7. The minimum atomic E-state index is -1.04. The van der Waals surface area contributed by atoms with Gasteiger partial charge in [0, 0.05) is 23.8 Å². The van der Waals surface area contributed by atoms with E-state index in [2.05, 4.69) is 0 Å². The van der Waals surface area contributed by atoms with Gasteiger partial charge in [0.2, 0.25) is 5.91 Å². The molecule has 170 valence electrons. The first kappa shape index (κ1) is 23.3. The summed E-state index contributed by atoms with van der Waals surface area (Å²) >= 11 is 0. The van der Waals surface area contributed by atoms with Gasteiger partial charge < -0.3 is 14.7 Å². The number of carboxylic acid groups (broad SMARTS) is 1. The number of hydrogen-bond acceptors (Lipinski definition) is 4. The molecular weight excluding hydrogens is 408 g/mol. The Morgan fingerprint density at radius 1 is 1.09 bits per heavy atom. The topological polar surface area (TPSA) is 87.2 Å². The van der Waals surface area contributed by atoms with Gasteiger partial charge in [0.15, 0.2) is 0 Å². The first-order valence-corrected chi connectivity index (χ1v) is 10.8. The van der Waals surface area contributed by atoms with E-state index in [9.17, 15) is 19.5 Å². The molecule has 0 saturated carbocycles. The number of rotatable bonds is 4. The maximum absolute atomic E-state index is 13.4. The summed E-state index contributed by atoms with van der Waals surface area (Å²) in [5.41, 5.74) is 1.58. The lowest BCUT2D eigenvalue weighted by molar-refractivity contribution is -0.118. The second-order valence-corrected chi connectivity index (χ2v) is 8.98. The molecule has 1 N–H and O–H groups in total. The van der Waals surface area contributed by atoms with Gasteiger partial charge >= 0.3 is 12.1 Å². The maximum Gasteiger partial charge on any atom is 0.415 e. The van der Waals surface area contributed by atoms with Crippen molar-refractivity contribution in [1.82, 2.24) is 0 Å². The summed E-state index contributed by atoms with van der Waals surface area (Å²) in [7, 11) is 0. The zero-order valence-electron chi connectivity index (χ0n) is 19.2. The standard InChI is InChI=1S/C25H30N2O5/c1-6-22(28)26-16(2)15-21(19-9-7-8-10-20(19)26)27(24(31)32-25(3,4)5)18-13-11-17(12-14-18)23(29)30/h7-14,16,21H,6,15H2,1-5H3,(H,29,30)/t16-,21+/m0/s1. The Morgan fingerprint density at radius 2 is 1.72 bits per heavy atom. The predicted octanol–water partition coefficient (Wildman–Crippen LogP) is 5.40. The number of benzene rings is 2. The number of ether oxygens (including phenoxy) is 1. The molecule has 0 aromatic heterocycles. The number of amides is 2. The van der Waals surface area contributed by atoms with Gasteiger partial charge in [-0.05, 0) is 70.0 Å². The fraction of sp³-hybridized carbons (Fsp3) is 0.400. The Morgan fingerprint density at radius 3 is 2.28 bits per heavy atom. The van der Waals surface area contributed by atoms with Crippen LogP contribution >= 0.6 is 0 Å². The molecule has 7 heteroatoms. The van der Waals surface area contributed by atoms with Crippen molar-refractivity contribution in [2.24, 2.45) is 0 Å². The summed E-state index contributed by atoms with van der Waals surface area (Å²) in [5, 5.41) is 9.25. The summed E-state index contributed by atoms with van der Waals surface area (Å²) in [6.07, 6.45) is 0.376. The smallest absolute Gasteiger partial charge is 0.415 e. The molecule has 2 amide bonds. The molecule has 3 rings (SSSR count). The van der Waals surface area contributed by atoms with Crippen LogP contribution in [0.4, 0.5) is 16.2 Å². The number of hydrogen-bond donors (Lipinski definition) is 1. The molecule has 2 atom stereocenters. The van der Waals surface area contributed by atoms with E-state index in [1.807, 2.05) is 38.1 Å². The Kier molecular flexibility index (Phi) is 6.57. The van der Waals surface area contributed by atoms with E-state index in [-0.39, 0.29) is 23.6 Å². The average molecular weight is 439 g/mol. The van der Waals surface area contributed by atoms with Gasteiger partial charge in [-0.25, -0.2) is 9.59 Å². The highest BCUT2D eigenvalue weighted by atomic mass is 16.6. The van der Waals surface area contributed by atoms with E-state index in [0.29, 0.717) is 18.5 Å². The summed E-state index contributed by atoms with van der Waals surface area (Å²) in [6, 6.07) is 13.2. The van der Waals surface area contributed by atoms with Crippen LogP contribution in [0, 0.1) is 0 Å². The van der Waals surface area contributed by atoms with Crippen molar-refractivity contribution < 1.29 is 24.2 Å². The number of carbonyl (C=O) groups is 3. The largest absolute Gasteiger partial charge is 0.478 e. The molecule has 1 heterocycles. The molecule has 0 bridgehead atoms. The predicted molar refractivity (Wildman–Crippen MR) is 123 cm³/mol. The lowest BCUT2D eigenvalue weighted by atomic mass is 9.90. The average Bonchev–Trinajstić information content (AvgIpc) is 2.72.